The van der Waals surface area contributed by atoms with E-state index < -0.39 is 18.4 Å². The van der Waals surface area contributed by atoms with Crippen molar-refractivity contribution < 1.29 is 19.8 Å². The van der Waals surface area contributed by atoms with Gasteiger partial charge in [0.25, 0.3) is 0 Å². The number of carboxylic acids is 2. The van der Waals surface area contributed by atoms with E-state index in [4.69, 9.17) is 10.2 Å². The van der Waals surface area contributed by atoms with Crippen LogP contribution in [-0.2, 0) is 9.59 Å². The molecule has 1 heterocycles. The average Bonchev–Trinajstić information content (AvgIpc) is 2.23. The van der Waals surface area contributed by atoms with E-state index in [-0.39, 0.29) is 5.57 Å². The summed E-state index contributed by atoms with van der Waals surface area (Å²) >= 11 is 0. The average molecular weight is 236 g/mol. The number of hydrogen-bond acceptors (Lipinski definition) is 4. The van der Waals surface area contributed by atoms with Gasteiger partial charge in [-0.2, -0.15) is 0 Å². The molecule has 0 aliphatic heterocycles. The van der Waals surface area contributed by atoms with Gasteiger partial charge >= 0.3 is 11.9 Å². The quantitative estimate of drug-likeness (QED) is 0.665. The van der Waals surface area contributed by atoms with Crippen LogP contribution < -0.4 is 5.32 Å². The fourth-order valence-corrected chi connectivity index (χ4v) is 1.14. The Kier molecular flexibility index (Phi) is 4.21. The molecule has 0 spiro atoms. The lowest BCUT2D eigenvalue weighted by Crippen LogP contribution is -2.09. The van der Waals surface area contributed by atoms with Gasteiger partial charge in [-0.3, -0.25) is 4.79 Å². The molecule has 1 aromatic rings. The molecule has 1 rings (SSSR count). The first-order valence-corrected chi connectivity index (χ1v) is 4.83. The van der Waals surface area contributed by atoms with Crippen molar-refractivity contribution in [3.63, 3.8) is 0 Å². The van der Waals surface area contributed by atoms with Crippen LogP contribution in [0.5, 0.6) is 0 Å². The summed E-state index contributed by atoms with van der Waals surface area (Å²) in [5.41, 5.74) is 0.541. The minimum Gasteiger partial charge on any atom is -0.481 e. The van der Waals surface area contributed by atoms with Gasteiger partial charge in [-0.25, -0.2) is 9.78 Å². The molecule has 0 aromatic carbocycles. The Morgan fingerprint density at radius 1 is 1.41 bits per heavy atom. The summed E-state index contributed by atoms with van der Waals surface area (Å²) in [6, 6.07) is 5.21. The number of pyridine rings is 1. The van der Waals surface area contributed by atoms with E-state index in [1.165, 1.54) is 0 Å². The van der Waals surface area contributed by atoms with Crippen LogP contribution in [0.2, 0.25) is 0 Å². The molecule has 17 heavy (non-hydrogen) atoms. The van der Waals surface area contributed by atoms with Crippen molar-refractivity contribution in [3.8, 4) is 0 Å². The summed E-state index contributed by atoms with van der Waals surface area (Å²) < 4.78 is 0. The van der Waals surface area contributed by atoms with Gasteiger partial charge in [-0.1, -0.05) is 6.07 Å². The lowest BCUT2D eigenvalue weighted by Gasteiger charge is -2.03. The van der Waals surface area contributed by atoms with Gasteiger partial charge in [-0.05, 0) is 19.1 Å². The van der Waals surface area contributed by atoms with Gasteiger partial charge < -0.3 is 15.5 Å². The zero-order chi connectivity index (χ0) is 12.8. The fraction of sp³-hybridized carbons (Fsp3) is 0.182. The molecular weight excluding hydrogens is 224 g/mol. The van der Waals surface area contributed by atoms with Crippen molar-refractivity contribution >= 4 is 17.8 Å². The summed E-state index contributed by atoms with van der Waals surface area (Å²) in [6.45, 7) is 1.80. The van der Waals surface area contributed by atoms with Gasteiger partial charge in [-0.15, -0.1) is 0 Å². The first kappa shape index (κ1) is 12.7. The molecule has 0 radical (unpaired) electrons. The Labute approximate surface area is 97.6 Å². The number of nitrogens with one attached hydrogen (secondary N) is 1. The SMILES string of the molecule is Cc1cccc(NC=C(CC(=O)O)C(=O)O)n1. The molecule has 0 bridgehead atoms. The Hall–Kier alpha value is -2.37. The predicted molar refractivity (Wildman–Crippen MR) is 60.6 cm³/mol. The highest BCUT2D eigenvalue weighted by atomic mass is 16.4. The van der Waals surface area contributed by atoms with Crippen LogP contribution >= 0.6 is 0 Å². The third-order valence-electron chi connectivity index (χ3n) is 1.90. The summed E-state index contributed by atoms with van der Waals surface area (Å²) in [4.78, 5) is 25.3. The number of carbonyl (C=O) groups is 2. The number of aryl methyl sites for hydroxylation is 1. The third kappa shape index (κ3) is 4.33. The van der Waals surface area contributed by atoms with E-state index in [0.717, 1.165) is 11.9 Å². The zero-order valence-electron chi connectivity index (χ0n) is 9.17. The maximum absolute atomic E-state index is 10.7. The molecule has 0 amide bonds. The van der Waals surface area contributed by atoms with Crippen molar-refractivity contribution in [1.29, 1.82) is 0 Å². The van der Waals surface area contributed by atoms with Crippen LogP contribution in [0.15, 0.2) is 30.0 Å². The van der Waals surface area contributed by atoms with Crippen molar-refractivity contribution in [1.82, 2.24) is 4.98 Å². The fourth-order valence-electron chi connectivity index (χ4n) is 1.14. The highest BCUT2D eigenvalue weighted by molar-refractivity contribution is 5.92. The first-order chi connectivity index (χ1) is 7.99. The van der Waals surface area contributed by atoms with Crippen LogP contribution in [0, 0.1) is 6.92 Å². The Bertz CT molecular complexity index is 468. The topological polar surface area (TPSA) is 99.5 Å². The van der Waals surface area contributed by atoms with Crippen LogP contribution in [0.4, 0.5) is 5.82 Å². The molecule has 1 aromatic heterocycles. The molecule has 0 fully saturated rings. The smallest absolute Gasteiger partial charge is 0.333 e. The minimum atomic E-state index is -1.27. The molecule has 0 atom stereocenters. The largest absolute Gasteiger partial charge is 0.481 e. The monoisotopic (exact) mass is 236 g/mol. The number of carboxylic acid groups (broad SMARTS) is 2. The number of hydrogen-bond donors (Lipinski definition) is 3. The molecule has 6 nitrogen and oxygen atoms in total. The molecular formula is C11H12N2O4. The van der Waals surface area contributed by atoms with Crippen molar-refractivity contribution in [3.05, 3.63) is 35.7 Å². The number of rotatable bonds is 5. The van der Waals surface area contributed by atoms with Crippen LogP contribution in [0.25, 0.3) is 0 Å². The molecule has 0 saturated heterocycles. The number of nitrogens with zero attached hydrogens (tertiary/aromatic N) is 1. The number of aromatic nitrogens is 1. The van der Waals surface area contributed by atoms with E-state index in [1.54, 1.807) is 25.1 Å². The minimum absolute atomic E-state index is 0.235. The van der Waals surface area contributed by atoms with E-state index >= 15 is 0 Å². The van der Waals surface area contributed by atoms with E-state index in [2.05, 4.69) is 10.3 Å². The molecule has 3 N–H and O–H groups in total. The number of aliphatic carboxylic acids is 2. The van der Waals surface area contributed by atoms with Gasteiger partial charge in [0.15, 0.2) is 0 Å². The first-order valence-electron chi connectivity index (χ1n) is 4.83. The van der Waals surface area contributed by atoms with Gasteiger partial charge in [0.1, 0.15) is 5.82 Å². The second-order valence-electron chi connectivity index (χ2n) is 3.35. The normalized spacial score (nSPS) is 11.0. The second kappa shape index (κ2) is 5.64. The van der Waals surface area contributed by atoms with Crippen molar-refractivity contribution in [2.75, 3.05) is 5.32 Å². The van der Waals surface area contributed by atoms with Crippen LogP contribution in [0.1, 0.15) is 12.1 Å². The lowest BCUT2D eigenvalue weighted by molar-refractivity contribution is -0.139. The Balaban J connectivity index is 2.79. The van der Waals surface area contributed by atoms with Gasteiger partial charge in [0.05, 0.1) is 12.0 Å². The molecule has 6 heteroatoms. The molecule has 0 aliphatic rings. The maximum atomic E-state index is 10.7. The molecule has 0 saturated carbocycles. The Morgan fingerprint density at radius 3 is 2.65 bits per heavy atom. The summed E-state index contributed by atoms with van der Waals surface area (Å²) in [5, 5.41) is 19.9. The van der Waals surface area contributed by atoms with E-state index in [1.807, 2.05) is 0 Å². The van der Waals surface area contributed by atoms with Crippen molar-refractivity contribution in [2.45, 2.75) is 13.3 Å². The molecule has 0 aliphatic carbocycles. The van der Waals surface area contributed by atoms with E-state index in [0.29, 0.717) is 5.82 Å². The van der Waals surface area contributed by atoms with E-state index in [9.17, 15) is 9.59 Å². The second-order valence-corrected chi connectivity index (χ2v) is 3.35. The summed E-state index contributed by atoms with van der Waals surface area (Å²) in [5.74, 6) is -2.00. The molecule has 0 unspecified atom stereocenters. The maximum Gasteiger partial charge on any atom is 0.333 e. The lowest BCUT2D eigenvalue weighted by atomic mass is 10.2. The predicted octanol–water partition coefficient (Wildman–Crippen LogP) is 1.25. The zero-order valence-corrected chi connectivity index (χ0v) is 9.17. The van der Waals surface area contributed by atoms with Crippen LogP contribution in [-0.4, -0.2) is 27.1 Å². The van der Waals surface area contributed by atoms with Gasteiger partial charge in [0, 0.05) is 11.9 Å². The third-order valence-corrected chi connectivity index (χ3v) is 1.90. The van der Waals surface area contributed by atoms with Crippen molar-refractivity contribution in [2.24, 2.45) is 0 Å². The highest BCUT2D eigenvalue weighted by Gasteiger charge is 2.11. The standard InChI is InChI=1S/C11H12N2O4/c1-7-3-2-4-9(13-7)12-6-8(11(16)17)5-10(14)15/h2-4,6H,5H2,1H3,(H,12,13)(H,14,15)(H,16,17). The number of anilines is 1. The Morgan fingerprint density at radius 2 is 2.12 bits per heavy atom. The summed E-state index contributed by atoms with van der Waals surface area (Å²) in [7, 11) is 0. The van der Waals surface area contributed by atoms with Crippen LogP contribution in [0.3, 0.4) is 0 Å². The summed E-state index contributed by atoms with van der Waals surface area (Å²) in [6.07, 6.45) is 0.590. The van der Waals surface area contributed by atoms with Gasteiger partial charge in [0.2, 0.25) is 0 Å². The molecule has 90 valence electrons. The highest BCUT2D eigenvalue weighted by Crippen LogP contribution is 2.07.